The lowest BCUT2D eigenvalue weighted by atomic mass is 9.76. The molecule has 0 bridgehead atoms. The van der Waals surface area contributed by atoms with Crippen LogP contribution in [-0.2, 0) is 9.59 Å². The molecule has 1 saturated heterocycles. The van der Waals surface area contributed by atoms with Crippen molar-refractivity contribution >= 4 is 17.9 Å². The number of carboxylic acid groups (broad SMARTS) is 1. The summed E-state index contributed by atoms with van der Waals surface area (Å²) in [6.45, 7) is 4.32. The monoisotopic (exact) mass is 299 g/mol. The van der Waals surface area contributed by atoms with Gasteiger partial charge in [-0.25, -0.2) is 4.79 Å². The third-order valence-corrected chi connectivity index (χ3v) is 4.30. The second-order valence-corrected chi connectivity index (χ2v) is 6.21. The van der Waals surface area contributed by atoms with E-state index in [1.54, 1.807) is 21.1 Å². The van der Waals surface area contributed by atoms with Crippen LogP contribution < -0.4 is 0 Å². The molecule has 0 spiro atoms. The van der Waals surface area contributed by atoms with E-state index in [0.29, 0.717) is 13.0 Å². The molecule has 1 atom stereocenters. The fraction of sp³-hybridized carbons (Fsp3) is 0.786. The molecule has 7 nitrogen and oxygen atoms in total. The van der Waals surface area contributed by atoms with Crippen molar-refractivity contribution in [1.82, 2.24) is 14.7 Å². The molecule has 1 rings (SSSR count). The summed E-state index contributed by atoms with van der Waals surface area (Å²) in [5, 5.41) is 9.48. The highest BCUT2D eigenvalue weighted by molar-refractivity contribution is 5.84. The van der Waals surface area contributed by atoms with Gasteiger partial charge in [0, 0.05) is 34.2 Å². The van der Waals surface area contributed by atoms with Crippen molar-refractivity contribution in [3.63, 3.8) is 0 Å². The molecule has 0 aliphatic carbocycles. The zero-order valence-corrected chi connectivity index (χ0v) is 13.4. The third kappa shape index (κ3) is 3.46. The number of carbonyl (C=O) groups excluding carboxylic acids is 2. The number of nitrogens with zero attached hydrogens (tertiary/aromatic N) is 3. The van der Waals surface area contributed by atoms with Gasteiger partial charge in [0.1, 0.15) is 6.54 Å². The molecule has 7 heteroatoms. The maximum absolute atomic E-state index is 12.3. The maximum Gasteiger partial charge on any atom is 0.320 e. The van der Waals surface area contributed by atoms with Crippen LogP contribution in [0.4, 0.5) is 4.79 Å². The minimum atomic E-state index is -0.887. The SMILES string of the molecule is CC(C)C1(C(=O)O)CCN(C(=O)N(C)CC(=O)N(C)C)C1. The Morgan fingerprint density at radius 2 is 1.81 bits per heavy atom. The van der Waals surface area contributed by atoms with Crippen LogP contribution in [0.15, 0.2) is 0 Å². The largest absolute Gasteiger partial charge is 0.481 e. The van der Waals surface area contributed by atoms with Crippen molar-refractivity contribution in [1.29, 1.82) is 0 Å². The van der Waals surface area contributed by atoms with Crippen LogP contribution in [0.3, 0.4) is 0 Å². The van der Waals surface area contributed by atoms with Gasteiger partial charge in [-0.3, -0.25) is 9.59 Å². The van der Waals surface area contributed by atoms with E-state index in [-0.39, 0.29) is 30.9 Å². The zero-order chi connectivity index (χ0) is 16.4. The second-order valence-electron chi connectivity index (χ2n) is 6.21. The molecule has 1 aliphatic heterocycles. The minimum absolute atomic E-state index is 0.00984. The molecule has 1 unspecified atom stereocenters. The Labute approximate surface area is 125 Å². The molecular weight excluding hydrogens is 274 g/mol. The van der Waals surface area contributed by atoms with Gasteiger partial charge in [0.25, 0.3) is 0 Å². The summed E-state index contributed by atoms with van der Waals surface area (Å²) in [5.74, 6) is -1.08. The van der Waals surface area contributed by atoms with Crippen molar-refractivity contribution < 1.29 is 19.5 Å². The van der Waals surface area contributed by atoms with Gasteiger partial charge < -0.3 is 19.8 Å². The van der Waals surface area contributed by atoms with Crippen LogP contribution in [0.2, 0.25) is 0 Å². The first-order valence-corrected chi connectivity index (χ1v) is 7.05. The summed E-state index contributed by atoms with van der Waals surface area (Å²) < 4.78 is 0. The van der Waals surface area contributed by atoms with Gasteiger partial charge in [-0.2, -0.15) is 0 Å². The Balaban J connectivity index is 2.74. The normalized spacial score (nSPS) is 21.5. The number of carboxylic acids is 1. The van der Waals surface area contributed by atoms with Crippen molar-refractivity contribution in [3.8, 4) is 0 Å². The fourth-order valence-electron chi connectivity index (χ4n) is 2.54. The standard InChI is InChI=1S/C14H25N3O4/c1-10(2)14(12(19)20)6-7-17(9-14)13(21)16(5)8-11(18)15(3)4/h10H,6-9H2,1-5H3,(H,19,20). The van der Waals surface area contributed by atoms with E-state index in [9.17, 15) is 19.5 Å². The number of likely N-dealkylation sites (N-methyl/N-ethyl adjacent to an activating group) is 2. The quantitative estimate of drug-likeness (QED) is 0.822. The van der Waals surface area contributed by atoms with E-state index in [1.807, 2.05) is 13.8 Å². The lowest BCUT2D eigenvalue weighted by molar-refractivity contribution is -0.150. The summed E-state index contributed by atoms with van der Waals surface area (Å²) >= 11 is 0. The molecule has 3 amide bonds. The van der Waals surface area contributed by atoms with Crippen LogP contribution in [0.25, 0.3) is 0 Å². The molecule has 0 saturated carbocycles. The van der Waals surface area contributed by atoms with E-state index in [0.717, 1.165) is 0 Å². The zero-order valence-electron chi connectivity index (χ0n) is 13.4. The summed E-state index contributed by atoms with van der Waals surface area (Å²) in [4.78, 5) is 39.8. The fourth-order valence-corrected chi connectivity index (χ4v) is 2.54. The van der Waals surface area contributed by atoms with E-state index in [1.165, 1.54) is 14.7 Å². The number of aliphatic carboxylic acids is 1. The van der Waals surface area contributed by atoms with Gasteiger partial charge in [0.2, 0.25) is 5.91 Å². The first-order valence-electron chi connectivity index (χ1n) is 7.05. The molecule has 1 heterocycles. The van der Waals surface area contributed by atoms with Gasteiger partial charge >= 0.3 is 12.0 Å². The molecule has 0 aromatic rings. The van der Waals surface area contributed by atoms with Gasteiger partial charge in [-0.05, 0) is 12.3 Å². The Morgan fingerprint density at radius 3 is 2.19 bits per heavy atom. The van der Waals surface area contributed by atoms with Crippen LogP contribution >= 0.6 is 0 Å². The Morgan fingerprint density at radius 1 is 1.24 bits per heavy atom. The molecule has 0 aromatic carbocycles. The van der Waals surface area contributed by atoms with Crippen LogP contribution in [0.5, 0.6) is 0 Å². The lowest BCUT2D eigenvalue weighted by Crippen LogP contribution is -2.46. The molecule has 1 fully saturated rings. The Bertz CT molecular complexity index is 436. The van der Waals surface area contributed by atoms with Gasteiger partial charge in [-0.1, -0.05) is 13.8 Å². The predicted molar refractivity (Wildman–Crippen MR) is 77.8 cm³/mol. The van der Waals surface area contributed by atoms with Gasteiger partial charge in [0.05, 0.1) is 5.41 Å². The highest BCUT2D eigenvalue weighted by atomic mass is 16.4. The molecule has 1 aliphatic rings. The Hall–Kier alpha value is -1.79. The molecule has 21 heavy (non-hydrogen) atoms. The average molecular weight is 299 g/mol. The van der Waals surface area contributed by atoms with Gasteiger partial charge in [-0.15, -0.1) is 0 Å². The van der Waals surface area contributed by atoms with Crippen LogP contribution in [-0.4, -0.2) is 78.5 Å². The minimum Gasteiger partial charge on any atom is -0.481 e. The second kappa shape index (κ2) is 6.32. The average Bonchev–Trinajstić information content (AvgIpc) is 2.83. The molecule has 120 valence electrons. The third-order valence-electron chi connectivity index (χ3n) is 4.30. The van der Waals surface area contributed by atoms with Crippen LogP contribution in [0.1, 0.15) is 20.3 Å². The van der Waals surface area contributed by atoms with Gasteiger partial charge in [0.15, 0.2) is 0 Å². The summed E-state index contributed by atoms with van der Waals surface area (Å²) in [5.41, 5.74) is -0.887. The predicted octanol–water partition coefficient (Wildman–Crippen LogP) is 0.559. The van der Waals surface area contributed by atoms with Crippen molar-refractivity contribution in [2.45, 2.75) is 20.3 Å². The number of urea groups is 1. The van der Waals surface area contributed by atoms with E-state index in [2.05, 4.69) is 0 Å². The van der Waals surface area contributed by atoms with Crippen molar-refractivity contribution in [3.05, 3.63) is 0 Å². The highest BCUT2D eigenvalue weighted by Crippen LogP contribution is 2.38. The number of hydrogen-bond donors (Lipinski definition) is 1. The highest BCUT2D eigenvalue weighted by Gasteiger charge is 2.48. The number of amides is 3. The summed E-state index contributed by atoms with van der Waals surface area (Å²) in [6.07, 6.45) is 0.446. The molecule has 0 radical (unpaired) electrons. The number of rotatable bonds is 4. The van der Waals surface area contributed by atoms with E-state index in [4.69, 9.17) is 0 Å². The molecule has 1 N–H and O–H groups in total. The number of carbonyl (C=O) groups is 3. The van der Waals surface area contributed by atoms with Crippen molar-refractivity contribution in [2.24, 2.45) is 11.3 Å². The smallest absolute Gasteiger partial charge is 0.320 e. The van der Waals surface area contributed by atoms with Crippen molar-refractivity contribution in [2.75, 3.05) is 40.8 Å². The first kappa shape index (κ1) is 17.3. The number of hydrogen-bond acceptors (Lipinski definition) is 3. The summed E-state index contributed by atoms with van der Waals surface area (Å²) in [6, 6.07) is -0.297. The van der Waals surface area contributed by atoms with E-state index < -0.39 is 11.4 Å². The lowest BCUT2D eigenvalue weighted by Gasteiger charge is -2.30. The first-order chi connectivity index (χ1) is 9.61. The van der Waals surface area contributed by atoms with Crippen LogP contribution in [0, 0.1) is 11.3 Å². The van der Waals surface area contributed by atoms with E-state index >= 15 is 0 Å². The maximum atomic E-state index is 12.3. The Kier molecular flexibility index (Phi) is 5.20. The summed E-state index contributed by atoms with van der Waals surface area (Å²) in [7, 11) is 4.81. The molecular formula is C14H25N3O4. The topological polar surface area (TPSA) is 81.2 Å². The number of likely N-dealkylation sites (tertiary alicyclic amines) is 1. The molecule has 0 aromatic heterocycles.